The lowest BCUT2D eigenvalue weighted by Crippen LogP contribution is -2.39. The van der Waals surface area contributed by atoms with Crippen molar-refractivity contribution in [1.29, 1.82) is 0 Å². The van der Waals surface area contributed by atoms with E-state index in [2.05, 4.69) is 45.2 Å². The average Bonchev–Trinajstić information content (AvgIpc) is 2.94. The Hall–Kier alpha value is -2.27. The number of rotatable bonds is 8. The molecule has 0 spiro atoms. The van der Waals surface area contributed by atoms with Crippen molar-refractivity contribution in [3.63, 3.8) is 0 Å². The number of halogens is 1. The van der Waals surface area contributed by atoms with Crippen LogP contribution in [-0.4, -0.2) is 43.8 Å². The molecule has 1 saturated carbocycles. The van der Waals surface area contributed by atoms with Crippen LogP contribution in [0.3, 0.4) is 0 Å². The SMILES string of the molecule is CCN1C(=O)CCC(C)(C)c2cc(Nc3ncc(Cl)c(N[C@@H]4CCCC[C@@H]4CNS(=O)O)n3)ccc21. The zero-order valence-electron chi connectivity index (χ0n) is 21.0. The minimum atomic E-state index is -2.03. The van der Waals surface area contributed by atoms with E-state index in [1.54, 1.807) is 6.20 Å². The number of anilines is 4. The number of hydrogen-bond donors (Lipinski definition) is 4. The summed E-state index contributed by atoms with van der Waals surface area (Å²) >= 11 is 4.40. The number of aromatic nitrogens is 2. The van der Waals surface area contributed by atoms with Crippen molar-refractivity contribution < 1.29 is 13.6 Å². The van der Waals surface area contributed by atoms with Crippen LogP contribution < -0.4 is 20.3 Å². The van der Waals surface area contributed by atoms with Crippen molar-refractivity contribution in [2.45, 2.75) is 70.8 Å². The quantitative estimate of drug-likeness (QED) is 0.352. The summed E-state index contributed by atoms with van der Waals surface area (Å²) in [5.74, 6) is 1.30. The molecule has 2 heterocycles. The first-order valence-corrected chi connectivity index (χ1v) is 14.0. The van der Waals surface area contributed by atoms with Gasteiger partial charge in [0, 0.05) is 36.9 Å². The van der Waals surface area contributed by atoms with Crippen molar-refractivity contribution in [3.05, 3.63) is 35.0 Å². The van der Waals surface area contributed by atoms with Crippen LogP contribution in [0, 0.1) is 5.92 Å². The maximum Gasteiger partial charge on any atom is 0.231 e. The molecule has 1 aromatic carbocycles. The van der Waals surface area contributed by atoms with E-state index in [9.17, 15) is 9.00 Å². The van der Waals surface area contributed by atoms with E-state index >= 15 is 0 Å². The van der Waals surface area contributed by atoms with Crippen LogP contribution in [0.5, 0.6) is 0 Å². The van der Waals surface area contributed by atoms with Gasteiger partial charge in [-0.25, -0.2) is 13.9 Å². The molecule has 4 N–H and O–H groups in total. The molecule has 1 aromatic heterocycles. The monoisotopic (exact) mass is 534 g/mol. The molecule has 1 amide bonds. The van der Waals surface area contributed by atoms with Gasteiger partial charge in [-0.2, -0.15) is 4.98 Å². The maximum absolute atomic E-state index is 12.6. The third-order valence-corrected chi connectivity index (χ3v) is 7.99. The Labute approximate surface area is 220 Å². The molecule has 2 aliphatic rings. The van der Waals surface area contributed by atoms with E-state index in [1.165, 1.54) is 0 Å². The number of nitrogens with zero attached hydrogens (tertiary/aromatic N) is 3. The molecular formula is C25H35ClN6O3S. The Balaban J connectivity index is 1.55. The van der Waals surface area contributed by atoms with Gasteiger partial charge in [-0.05, 0) is 61.3 Å². The molecule has 0 radical (unpaired) electrons. The van der Waals surface area contributed by atoms with E-state index in [0.29, 0.717) is 36.3 Å². The van der Waals surface area contributed by atoms with Gasteiger partial charge in [0.2, 0.25) is 23.1 Å². The van der Waals surface area contributed by atoms with E-state index in [-0.39, 0.29) is 23.3 Å². The van der Waals surface area contributed by atoms with Crippen molar-refractivity contribution in [3.8, 4) is 0 Å². The van der Waals surface area contributed by atoms with E-state index in [0.717, 1.165) is 49.0 Å². The standard InChI is InChI=1S/C25H35ClN6O3S/c1-4-32-21-10-9-17(13-18(21)25(2,3)12-11-22(32)33)29-24-27-15-19(26)23(31-24)30-20-8-6-5-7-16(20)14-28-36(34)35/h9-10,13,15-16,20,28H,4-8,11-12,14H2,1-3H3,(H,34,35)(H2,27,29,30,31)/t16-,20-/m1/s1. The molecule has 1 fully saturated rings. The van der Waals surface area contributed by atoms with Gasteiger partial charge in [0.25, 0.3) is 0 Å². The van der Waals surface area contributed by atoms with E-state index < -0.39 is 11.3 Å². The minimum absolute atomic E-state index is 0.0842. The summed E-state index contributed by atoms with van der Waals surface area (Å²) in [6.45, 7) is 7.42. The lowest BCUT2D eigenvalue weighted by atomic mass is 9.80. The molecule has 196 valence electrons. The van der Waals surface area contributed by atoms with Crippen LogP contribution in [0.1, 0.15) is 64.9 Å². The molecule has 0 bridgehead atoms. The minimum Gasteiger partial charge on any atom is -0.366 e. The molecule has 1 aliphatic carbocycles. The first kappa shape index (κ1) is 26.8. The largest absolute Gasteiger partial charge is 0.366 e. The third kappa shape index (κ3) is 6.16. The Kier molecular flexibility index (Phi) is 8.49. The molecule has 9 nitrogen and oxygen atoms in total. The molecule has 2 aromatic rings. The van der Waals surface area contributed by atoms with Crippen molar-refractivity contribution in [1.82, 2.24) is 14.7 Å². The van der Waals surface area contributed by atoms with Gasteiger partial charge < -0.3 is 15.5 Å². The zero-order chi connectivity index (χ0) is 25.9. The first-order chi connectivity index (χ1) is 17.2. The van der Waals surface area contributed by atoms with Gasteiger partial charge in [-0.3, -0.25) is 9.35 Å². The van der Waals surface area contributed by atoms with Crippen molar-refractivity contribution >= 4 is 51.9 Å². The Morgan fingerprint density at radius 2 is 2.06 bits per heavy atom. The zero-order valence-corrected chi connectivity index (χ0v) is 22.6. The van der Waals surface area contributed by atoms with Crippen LogP contribution in [0.25, 0.3) is 0 Å². The van der Waals surface area contributed by atoms with Crippen LogP contribution in [0.15, 0.2) is 24.4 Å². The summed E-state index contributed by atoms with van der Waals surface area (Å²) in [5, 5.41) is 7.17. The Morgan fingerprint density at radius 3 is 2.81 bits per heavy atom. The van der Waals surface area contributed by atoms with Gasteiger partial charge in [-0.1, -0.05) is 38.3 Å². The predicted octanol–water partition coefficient (Wildman–Crippen LogP) is 4.99. The van der Waals surface area contributed by atoms with Gasteiger partial charge >= 0.3 is 0 Å². The highest BCUT2D eigenvalue weighted by atomic mass is 35.5. The highest BCUT2D eigenvalue weighted by Crippen LogP contribution is 2.41. The molecule has 0 saturated heterocycles. The van der Waals surface area contributed by atoms with E-state index in [4.69, 9.17) is 16.2 Å². The second-order valence-electron chi connectivity index (χ2n) is 10.2. The maximum atomic E-state index is 12.6. The molecule has 11 heteroatoms. The van der Waals surface area contributed by atoms with Crippen LogP contribution in [0.4, 0.5) is 23.1 Å². The van der Waals surface area contributed by atoms with Gasteiger partial charge in [-0.15, -0.1) is 0 Å². The van der Waals surface area contributed by atoms with Crippen LogP contribution in [0.2, 0.25) is 5.02 Å². The molecular weight excluding hydrogens is 500 g/mol. The molecule has 3 atom stereocenters. The predicted molar refractivity (Wildman–Crippen MR) is 145 cm³/mol. The third-order valence-electron chi connectivity index (χ3n) is 7.30. The number of carbonyl (C=O) groups excluding carboxylic acids is 1. The highest BCUT2D eigenvalue weighted by molar-refractivity contribution is 7.77. The van der Waals surface area contributed by atoms with Gasteiger partial charge in [0.15, 0.2) is 5.82 Å². The second kappa shape index (κ2) is 11.4. The fourth-order valence-corrected chi connectivity index (χ4v) is 5.72. The van der Waals surface area contributed by atoms with Gasteiger partial charge in [0.05, 0.1) is 6.20 Å². The van der Waals surface area contributed by atoms with Crippen LogP contribution >= 0.6 is 11.6 Å². The Morgan fingerprint density at radius 1 is 1.28 bits per heavy atom. The smallest absolute Gasteiger partial charge is 0.231 e. The summed E-state index contributed by atoms with van der Waals surface area (Å²) < 4.78 is 22.8. The first-order valence-electron chi connectivity index (χ1n) is 12.5. The summed E-state index contributed by atoms with van der Waals surface area (Å²) in [6.07, 6.45) is 6.93. The number of benzene rings is 1. The highest BCUT2D eigenvalue weighted by Gasteiger charge is 2.32. The second-order valence-corrected chi connectivity index (χ2v) is 11.4. The molecule has 36 heavy (non-hydrogen) atoms. The number of carbonyl (C=O) groups is 1. The summed E-state index contributed by atoms with van der Waals surface area (Å²) in [6, 6.07) is 6.10. The van der Waals surface area contributed by atoms with E-state index in [1.807, 2.05) is 24.0 Å². The number of fused-ring (bicyclic) bond motifs is 1. The number of amides is 1. The number of nitrogens with one attached hydrogen (secondary N) is 3. The summed E-state index contributed by atoms with van der Waals surface area (Å²) in [7, 11) is 0. The molecule has 4 rings (SSSR count). The summed E-state index contributed by atoms with van der Waals surface area (Å²) in [4.78, 5) is 23.5. The van der Waals surface area contributed by atoms with Crippen molar-refractivity contribution in [2.24, 2.45) is 5.92 Å². The fraction of sp³-hybridized carbons (Fsp3) is 0.560. The Bertz CT molecular complexity index is 1130. The summed E-state index contributed by atoms with van der Waals surface area (Å²) in [5.41, 5.74) is 2.76. The van der Waals surface area contributed by atoms with Crippen LogP contribution in [-0.2, 0) is 21.5 Å². The molecule has 1 unspecified atom stereocenters. The fourth-order valence-electron chi connectivity index (χ4n) is 5.21. The normalized spacial score (nSPS) is 22.5. The lowest BCUT2D eigenvalue weighted by Gasteiger charge is -2.32. The molecule has 1 aliphatic heterocycles. The van der Waals surface area contributed by atoms with Gasteiger partial charge in [0.1, 0.15) is 5.02 Å². The lowest BCUT2D eigenvalue weighted by molar-refractivity contribution is -0.118. The number of hydrogen-bond acceptors (Lipinski definition) is 6. The van der Waals surface area contributed by atoms with Crippen molar-refractivity contribution in [2.75, 3.05) is 28.6 Å². The average molecular weight is 535 g/mol. The topological polar surface area (TPSA) is 119 Å².